The van der Waals surface area contributed by atoms with Gasteiger partial charge >= 0.3 is 118 Å². The minimum atomic E-state index is 0. The molecule has 0 bridgehead atoms. The normalized spacial score (nSPS) is 17.5. The molecule has 0 aromatic heterocycles. The van der Waals surface area contributed by atoms with Crippen LogP contribution in [0.25, 0.3) is 11.1 Å². The van der Waals surface area contributed by atoms with Crippen LogP contribution in [-0.4, -0.2) is 0 Å². The second-order valence-corrected chi connectivity index (χ2v) is 5.70. The molecule has 0 saturated carbocycles. The molecule has 3 rings (SSSR count). The summed E-state index contributed by atoms with van der Waals surface area (Å²) in [5, 5.41) is 0. The zero-order chi connectivity index (χ0) is 11.7. The van der Waals surface area contributed by atoms with Crippen molar-refractivity contribution in [3.05, 3.63) is 65.8 Å². The molecule has 2 aliphatic carbocycles. The van der Waals surface area contributed by atoms with Crippen molar-refractivity contribution in [1.82, 2.24) is 0 Å². The zero-order valence-electron chi connectivity index (χ0n) is 12.6. The van der Waals surface area contributed by atoms with E-state index in [4.69, 9.17) is 0 Å². The van der Waals surface area contributed by atoms with Crippen molar-refractivity contribution < 1.29 is 29.0 Å². The molecule has 0 amide bonds. The molecule has 1 heteroatoms. The number of rotatable bonds is 2. The summed E-state index contributed by atoms with van der Waals surface area (Å²) in [6, 6.07) is 6.70. The number of hydrogen-bond acceptors (Lipinski definition) is 0. The van der Waals surface area contributed by atoms with E-state index in [0.717, 1.165) is 12.8 Å². The molecular formula is C16H16Zr. The van der Waals surface area contributed by atoms with E-state index in [2.05, 4.69) is 54.7 Å². The van der Waals surface area contributed by atoms with E-state index >= 15 is 0 Å². The second kappa shape index (κ2) is 4.74. The van der Waals surface area contributed by atoms with Gasteiger partial charge in [0.05, 0.1) is 0 Å². The van der Waals surface area contributed by atoms with Gasteiger partial charge in [-0.3, -0.25) is 0 Å². The van der Waals surface area contributed by atoms with Gasteiger partial charge in [-0.2, -0.15) is 0 Å². The van der Waals surface area contributed by atoms with E-state index in [1.807, 2.05) is 0 Å². The van der Waals surface area contributed by atoms with E-state index in [0.29, 0.717) is 0 Å². The number of benzene rings is 1. The molecule has 1 aromatic rings. The molecule has 0 N–H and O–H groups in total. The van der Waals surface area contributed by atoms with Gasteiger partial charge in [0.2, 0.25) is 0 Å². The predicted octanol–water partition coefficient (Wildman–Crippen LogP) is 3.88. The van der Waals surface area contributed by atoms with Crippen LogP contribution >= 0.6 is 0 Å². The van der Waals surface area contributed by atoms with Gasteiger partial charge in [0.15, 0.2) is 0 Å². The summed E-state index contributed by atoms with van der Waals surface area (Å²) < 4.78 is 1.47. The fourth-order valence-electron chi connectivity index (χ4n) is 2.45. The van der Waals surface area contributed by atoms with Crippen LogP contribution in [-0.2, 0) is 24.7 Å². The molecule has 1 aromatic carbocycles. The first-order valence-electron chi connectivity index (χ1n) is 5.93. The van der Waals surface area contributed by atoms with E-state index in [-0.39, 0.29) is 4.28 Å². The monoisotopic (exact) mass is 298 g/mol. The Balaban J connectivity index is 0.00000120. The van der Waals surface area contributed by atoms with Crippen molar-refractivity contribution in [2.45, 2.75) is 12.8 Å². The maximum atomic E-state index is 2.26. The van der Waals surface area contributed by atoms with Crippen LogP contribution < -0.4 is 3.27 Å². The van der Waals surface area contributed by atoms with Crippen LogP contribution in [0, 0.1) is 0 Å². The van der Waals surface area contributed by atoms with Gasteiger partial charge in [0.1, 0.15) is 0 Å². The Hall–Kier alpha value is -0.937. The summed E-state index contributed by atoms with van der Waals surface area (Å²) in [5.74, 6) is 0. The SMILES string of the molecule is [H-].[H-].[H-].[Zr+3][c]1cccc(C2=CC=CC2)c1C1=CC=CC1. The van der Waals surface area contributed by atoms with Crippen LogP contribution in [0.4, 0.5) is 0 Å². The molecule has 0 nitrogen and oxygen atoms in total. The first-order valence-corrected chi connectivity index (χ1v) is 7.16. The van der Waals surface area contributed by atoms with E-state index < -0.39 is 0 Å². The Morgan fingerprint density at radius 1 is 0.941 bits per heavy atom. The average Bonchev–Trinajstić information content (AvgIpc) is 3.02. The van der Waals surface area contributed by atoms with E-state index in [1.54, 1.807) is 0 Å². The summed E-state index contributed by atoms with van der Waals surface area (Å²) in [6.07, 6.45) is 15.5. The van der Waals surface area contributed by atoms with Crippen molar-refractivity contribution in [2.75, 3.05) is 0 Å². The molecule has 0 aliphatic heterocycles. The molecule has 0 unspecified atom stereocenters. The third kappa shape index (κ3) is 2.09. The molecule has 0 radical (unpaired) electrons. The van der Waals surface area contributed by atoms with Gasteiger partial charge in [-0.15, -0.1) is 0 Å². The van der Waals surface area contributed by atoms with Crippen LogP contribution in [0.2, 0.25) is 0 Å². The Bertz CT molecular complexity index is 583. The summed E-state index contributed by atoms with van der Waals surface area (Å²) in [7, 11) is 0. The van der Waals surface area contributed by atoms with Gasteiger partial charge in [0, 0.05) is 0 Å². The summed E-state index contributed by atoms with van der Waals surface area (Å²) >= 11 is 1.50. The van der Waals surface area contributed by atoms with Crippen molar-refractivity contribution in [2.24, 2.45) is 0 Å². The standard InChI is InChI=1S/C16H13.Zr.3H/c1-2-8-13(7-1)15-11-5-6-12-16(15)14-9-3-4-10-14;;;;/h1-7,9,11H,8,10H2;;;;/q;+3;3*-1. The van der Waals surface area contributed by atoms with Gasteiger partial charge < -0.3 is 4.28 Å². The Morgan fingerprint density at radius 2 is 1.65 bits per heavy atom. The molecule has 0 heterocycles. The Kier molecular flexibility index (Phi) is 3.12. The van der Waals surface area contributed by atoms with E-state index in [1.165, 1.54) is 50.3 Å². The van der Waals surface area contributed by atoms with E-state index in [9.17, 15) is 0 Å². The van der Waals surface area contributed by atoms with Gasteiger partial charge in [-0.1, -0.05) is 0 Å². The Labute approximate surface area is 122 Å². The Morgan fingerprint density at radius 3 is 2.29 bits per heavy atom. The van der Waals surface area contributed by atoms with Crippen molar-refractivity contribution >= 4 is 14.4 Å². The number of allylic oxidation sites excluding steroid dienone is 8. The van der Waals surface area contributed by atoms with Crippen molar-refractivity contribution in [3.63, 3.8) is 0 Å². The molecule has 0 fully saturated rings. The topological polar surface area (TPSA) is 0 Å². The van der Waals surface area contributed by atoms with Gasteiger partial charge in [-0.25, -0.2) is 0 Å². The fraction of sp³-hybridized carbons (Fsp3) is 0.125. The molecule has 84 valence electrons. The van der Waals surface area contributed by atoms with Gasteiger partial charge in [-0.05, 0) is 0 Å². The first kappa shape index (κ1) is 11.2. The van der Waals surface area contributed by atoms with Crippen molar-refractivity contribution in [1.29, 1.82) is 0 Å². The second-order valence-electron chi connectivity index (χ2n) is 4.38. The molecule has 2 aliphatic rings. The molecule has 0 saturated heterocycles. The molecule has 17 heavy (non-hydrogen) atoms. The van der Waals surface area contributed by atoms with Gasteiger partial charge in [0.25, 0.3) is 0 Å². The van der Waals surface area contributed by atoms with Crippen LogP contribution in [0.3, 0.4) is 0 Å². The average molecular weight is 300 g/mol. The summed E-state index contributed by atoms with van der Waals surface area (Å²) in [5.41, 5.74) is 5.84. The molecular weight excluding hydrogens is 283 g/mol. The fourth-order valence-corrected chi connectivity index (χ4v) is 3.41. The number of hydrogen-bond donors (Lipinski definition) is 0. The summed E-state index contributed by atoms with van der Waals surface area (Å²) in [6.45, 7) is 0. The third-order valence-corrected chi connectivity index (χ3v) is 4.30. The van der Waals surface area contributed by atoms with Crippen LogP contribution in [0.1, 0.15) is 28.2 Å². The summed E-state index contributed by atoms with van der Waals surface area (Å²) in [4.78, 5) is 0. The predicted molar refractivity (Wildman–Crippen MR) is 72.9 cm³/mol. The third-order valence-electron chi connectivity index (χ3n) is 3.27. The van der Waals surface area contributed by atoms with Crippen molar-refractivity contribution in [3.8, 4) is 0 Å². The van der Waals surface area contributed by atoms with Crippen LogP contribution in [0.5, 0.6) is 0 Å². The minimum absolute atomic E-state index is 0. The van der Waals surface area contributed by atoms with Crippen LogP contribution in [0.15, 0.2) is 54.7 Å². The first-order chi connectivity index (χ1) is 8.36. The zero-order valence-corrected chi connectivity index (χ0v) is 12.1. The molecule has 0 spiro atoms. The maximum absolute atomic E-state index is 2.26. The molecule has 0 atom stereocenters. The quantitative estimate of drug-likeness (QED) is 0.777.